The lowest BCUT2D eigenvalue weighted by molar-refractivity contribution is -0.117. The number of hydrogen-bond donors (Lipinski definition) is 1. The molecule has 22 heavy (non-hydrogen) atoms. The highest BCUT2D eigenvalue weighted by molar-refractivity contribution is 7.07. The van der Waals surface area contributed by atoms with Crippen molar-refractivity contribution < 1.29 is 9.59 Å². The minimum absolute atomic E-state index is 0.102. The Kier molecular flexibility index (Phi) is 4.48. The Bertz CT molecular complexity index is 653. The molecule has 5 nitrogen and oxygen atoms in total. The maximum atomic E-state index is 12.1. The molecule has 2 amide bonds. The molecule has 2 heterocycles. The zero-order chi connectivity index (χ0) is 15.4. The summed E-state index contributed by atoms with van der Waals surface area (Å²) >= 11 is 1.55. The van der Waals surface area contributed by atoms with Gasteiger partial charge in [0.15, 0.2) is 0 Å². The molecule has 3 rings (SSSR count). The predicted octanol–water partition coefficient (Wildman–Crippen LogP) is 2.24. The van der Waals surface area contributed by atoms with E-state index < -0.39 is 0 Å². The lowest BCUT2D eigenvalue weighted by Gasteiger charge is -2.15. The molecule has 1 N–H and O–H groups in total. The summed E-state index contributed by atoms with van der Waals surface area (Å²) in [7, 11) is 0. The van der Waals surface area contributed by atoms with E-state index >= 15 is 0 Å². The fourth-order valence-electron chi connectivity index (χ4n) is 2.48. The molecule has 1 aliphatic heterocycles. The largest absolute Gasteiger partial charge is 0.352 e. The maximum absolute atomic E-state index is 12.1. The van der Waals surface area contributed by atoms with Crippen molar-refractivity contribution in [2.24, 2.45) is 0 Å². The van der Waals surface area contributed by atoms with E-state index in [0.29, 0.717) is 18.5 Å². The van der Waals surface area contributed by atoms with E-state index in [-0.39, 0.29) is 11.8 Å². The fraction of sp³-hybridized carbons (Fsp3) is 0.312. The van der Waals surface area contributed by atoms with E-state index in [0.717, 1.165) is 30.8 Å². The van der Waals surface area contributed by atoms with Crippen molar-refractivity contribution in [3.05, 3.63) is 46.4 Å². The smallest absolute Gasteiger partial charge is 0.251 e. The zero-order valence-corrected chi connectivity index (χ0v) is 12.9. The van der Waals surface area contributed by atoms with Crippen molar-refractivity contribution in [1.29, 1.82) is 0 Å². The van der Waals surface area contributed by atoms with Gasteiger partial charge in [0, 0.05) is 42.6 Å². The first-order chi connectivity index (χ1) is 10.7. The molecule has 0 radical (unpaired) electrons. The highest BCUT2D eigenvalue weighted by Gasteiger charge is 2.21. The second-order valence-corrected chi connectivity index (χ2v) is 5.90. The van der Waals surface area contributed by atoms with Gasteiger partial charge in [-0.1, -0.05) is 0 Å². The molecule has 0 spiro atoms. The van der Waals surface area contributed by atoms with Gasteiger partial charge in [-0.2, -0.15) is 0 Å². The highest BCUT2D eigenvalue weighted by Crippen LogP contribution is 2.21. The van der Waals surface area contributed by atoms with Gasteiger partial charge < -0.3 is 10.2 Å². The average Bonchev–Trinajstić information content (AvgIpc) is 3.19. The molecule has 2 aromatic rings. The lowest BCUT2D eigenvalue weighted by Crippen LogP contribution is -2.26. The predicted molar refractivity (Wildman–Crippen MR) is 86.2 cm³/mol. The summed E-state index contributed by atoms with van der Waals surface area (Å²) in [4.78, 5) is 29.7. The van der Waals surface area contributed by atoms with Gasteiger partial charge in [-0.15, -0.1) is 11.3 Å². The number of hydrogen-bond acceptors (Lipinski definition) is 4. The van der Waals surface area contributed by atoms with Crippen LogP contribution in [0.15, 0.2) is 35.2 Å². The Morgan fingerprint density at radius 3 is 2.77 bits per heavy atom. The number of thiazole rings is 1. The Labute approximate surface area is 133 Å². The molecule has 0 aliphatic carbocycles. The number of carbonyl (C=O) groups is 2. The van der Waals surface area contributed by atoms with Crippen molar-refractivity contribution >= 4 is 28.8 Å². The van der Waals surface area contributed by atoms with Crippen LogP contribution in [-0.4, -0.2) is 29.9 Å². The first kappa shape index (κ1) is 14.7. The van der Waals surface area contributed by atoms with Crippen LogP contribution >= 0.6 is 11.3 Å². The van der Waals surface area contributed by atoms with Crippen LogP contribution < -0.4 is 10.2 Å². The second-order valence-electron chi connectivity index (χ2n) is 5.18. The van der Waals surface area contributed by atoms with Gasteiger partial charge in [0.05, 0.1) is 11.2 Å². The van der Waals surface area contributed by atoms with E-state index in [1.807, 2.05) is 17.5 Å². The first-order valence-electron chi connectivity index (χ1n) is 7.30. The quantitative estimate of drug-likeness (QED) is 0.920. The van der Waals surface area contributed by atoms with Crippen LogP contribution in [0.25, 0.3) is 0 Å². The van der Waals surface area contributed by atoms with E-state index in [4.69, 9.17) is 0 Å². The van der Waals surface area contributed by atoms with Gasteiger partial charge in [-0.05, 0) is 30.7 Å². The van der Waals surface area contributed by atoms with Crippen LogP contribution in [0.4, 0.5) is 5.69 Å². The number of nitrogens with one attached hydrogen (secondary N) is 1. The van der Waals surface area contributed by atoms with Crippen molar-refractivity contribution in [1.82, 2.24) is 10.3 Å². The molecule has 1 aromatic heterocycles. The Morgan fingerprint density at radius 2 is 2.14 bits per heavy atom. The van der Waals surface area contributed by atoms with Crippen LogP contribution in [0.3, 0.4) is 0 Å². The van der Waals surface area contributed by atoms with Gasteiger partial charge in [0.1, 0.15) is 0 Å². The second kappa shape index (κ2) is 6.70. The first-order valence-corrected chi connectivity index (χ1v) is 8.24. The Morgan fingerprint density at radius 1 is 1.32 bits per heavy atom. The van der Waals surface area contributed by atoms with Crippen LogP contribution in [0.1, 0.15) is 28.9 Å². The minimum atomic E-state index is -0.102. The molecule has 1 aromatic carbocycles. The summed E-state index contributed by atoms with van der Waals surface area (Å²) in [6.45, 7) is 1.33. The van der Waals surface area contributed by atoms with Gasteiger partial charge in [-0.25, -0.2) is 4.98 Å². The molecule has 114 valence electrons. The molecule has 1 aliphatic rings. The number of carbonyl (C=O) groups excluding carboxylic acids is 2. The van der Waals surface area contributed by atoms with Crippen LogP contribution in [0.2, 0.25) is 0 Å². The normalized spacial score (nSPS) is 14.4. The summed E-state index contributed by atoms with van der Waals surface area (Å²) in [5, 5.41) is 4.86. The Balaban J connectivity index is 1.55. The maximum Gasteiger partial charge on any atom is 0.251 e. The highest BCUT2D eigenvalue weighted by atomic mass is 32.1. The summed E-state index contributed by atoms with van der Waals surface area (Å²) < 4.78 is 0. The summed E-state index contributed by atoms with van der Waals surface area (Å²) in [6.07, 6.45) is 2.24. The summed E-state index contributed by atoms with van der Waals surface area (Å²) in [5.41, 5.74) is 4.25. The fourth-order valence-corrected chi connectivity index (χ4v) is 3.07. The average molecular weight is 315 g/mol. The molecular formula is C16H17N3O2S. The number of amides is 2. The third kappa shape index (κ3) is 3.33. The van der Waals surface area contributed by atoms with Gasteiger partial charge in [-0.3, -0.25) is 9.59 Å². The topological polar surface area (TPSA) is 62.3 Å². The molecule has 0 atom stereocenters. The standard InChI is InChI=1S/C16H17N3O2S/c20-15-2-1-9-19(15)14-5-3-12(4-6-14)16(21)17-8-7-13-10-22-11-18-13/h3-6,10-11H,1-2,7-9H2,(H,17,21). The molecule has 0 unspecified atom stereocenters. The number of anilines is 1. The molecule has 1 saturated heterocycles. The third-order valence-corrected chi connectivity index (χ3v) is 4.30. The zero-order valence-electron chi connectivity index (χ0n) is 12.1. The SMILES string of the molecule is O=C(NCCc1cscn1)c1ccc(N2CCCC2=O)cc1. The van der Waals surface area contributed by atoms with Crippen molar-refractivity contribution in [2.75, 3.05) is 18.0 Å². The lowest BCUT2D eigenvalue weighted by atomic mass is 10.2. The van der Waals surface area contributed by atoms with Crippen LogP contribution in [-0.2, 0) is 11.2 Å². The van der Waals surface area contributed by atoms with Crippen LogP contribution in [0.5, 0.6) is 0 Å². The number of aromatic nitrogens is 1. The number of nitrogens with zero attached hydrogens (tertiary/aromatic N) is 2. The molecule has 1 fully saturated rings. The number of rotatable bonds is 5. The van der Waals surface area contributed by atoms with E-state index in [1.165, 1.54) is 0 Å². The number of benzene rings is 1. The minimum Gasteiger partial charge on any atom is -0.352 e. The van der Waals surface area contributed by atoms with Gasteiger partial charge in [0.25, 0.3) is 5.91 Å². The monoisotopic (exact) mass is 315 g/mol. The van der Waals surface area contributed by atoms with E-state index in [9.17, 15) is 9.59 Å². The summed E-state index contributed by atoms with van der Waals surface area (Å²) in [6, 6.07) is 7.19. The van der Waals surface area contributed by atoms with Crippen molar-refractivity contribution in [2.45, 2.75) is 19.3 Å². The van der Waals surface area contributed by atoms with E-state index in [1.54, 1.807) is 33.9 Å². The Hall–Kier alpha value is -2.21. The van der Waals surface area contributed by atoms with Gasteiger partial charge in [0.2, 0.25) is 5.91 Å². The van der Waals surface area contributed by atoms with Crippen molar-refractivity contribution in [3.8, 4) is 0 Å². The van der Waals surface area contributed by atoms with E-state index in [2.05, 4.69) is 10.3 Å². The molecule has 0 saturated carbocycles. The summed E-state index contributed by atoms with van der Waals surface area (Å²) in [5.74, 6) is 0.0509. The van der Waals surface area contributed by atoms with Crippen molar-refractivity contribution in [3.63, 3.8) is 0 Å². The third-order valence-electron chi connectivity index (χ3n) is 3.66. The molecular weight excluding hydrogens is 298 g/mol. The van der Waals surface area contributed by atoms with Crippen LogP contribution in [0, 0.1) is 0 Å². The molecule has 0 bridgehead atoms. The molecule has 6 heteroatoms. The van der Waals surface area contributed by atoms with Gasteiger partial charge >= 0.3 is 0 Å².